The predicted molar refractivity (Wildman–Crippen MR) is 62.3 cm³/mol. The van der Waals surface area contributed by atoms with Crippen LogP contribution in [0.4, 0.5) is 0 Å². The van der Waals surface area contributed by atoms with E-state index in [2.05, 4.69) is 30.6 Å². The molecule has 0 aromatic heterocycles. The molecule has 0 saturated carbocycles. The van der Waals surface area contributed by atoms with Crippen molar-refractivity contribution in [2.75, 3.05) is 18.1 Å². The molecule has 2 heteroatoms. The lowest BCUT2D eigenvalue weighted by atomic mass is 10.1. The molecule has 0 amide bonds. The fraction of sp³-hybridized carbons (Fsp3) is 0.818. The van der Waals surface area contributed by atoms with Crippen LogP contribution in [0.3, 0.4) is 0 Å². The Morgan fingerprint density at radius 3 is 3.15 bits per heavy atom. The molecule has 0 aliphatic carbocycles. The van der Waals surface area contributed by atoms with Crippen LogP contribution < -0.4 is 5.32 Å². The van der Waals surface area contributed by atoms with Crippen LogP contribution in [-0.4, -0.2) is 24.1 Å². The minimum Gasteiger partial charge on any atom is -0.314 e. The highest BCUT2D eigenvalue weighted by Gasteiger charge is 2.15. The number of thioether (sulfide) groups is 1. The number of hydrogen-bond donors (Lipinski definition) is 1. The minimum atomic E-state index is 0.656. The highest BCUT2D eigenvalue weighted by molar-refractivity contribution is 7.99. The molecule has 0 radical (unpaired) electrons. The van der Waals surface area contributed by atoms with Crippen LogP contribution in [0.25, 0.3) is 0 Å². The summed E-state index contributed by atoms with van der Waals surface area (Å²) < 4.78 is 0. The van der Waals surface area contributed by atoms with Gasteiger partial charge in [0.05, 0.1) is 0 Å². The lowest BCUT2D eigenvalue weighted by molar-refractivity contribution is 0.453. The second kappa shape index (κ2) is 6.50. The van der Waals surface area contributed by atoms with Crippen LogP contribution >= 0.6 is 11.8 Å². The standard InChI is InChI=1S/C11H21NS/c1-3-4-5-10(2)12-8-11-6-7-13-9-11/h3,10-12H,1,4-9H2,2H3. The van der Waals surface area contributed by atoms with Crippen LogP contribution in [0.2, 0.25) is 0 Å². The maximum absolute atomic E-state index is 3.74. The highest BCUT2D eigenvalue weighted by Crippen LogP contribution is 2.22. The molecule has 1 aliphatic rings. The van der Waals surface area contributed by atoms with E-state index in [0.29, 0.717) is 6.04 Å². The van der Waals surface area contributed by atoms with Crippen molar-refractivity contribution in [1.29, 1.82) is 0 Å². The summed E-state index contributed by atoms with van der Waals surface area (Å²) in [4.78, 5) is 0. The summed E-state index contributed by atoms with van der Waals surface area (Å²) in [6, 6.07) is 0.656. The van der Waals surface area contributed by atoms with Crippen molar-refractivity contribution in [2.24, 2.45) is 5.92 Å². The van der Waals surface area contributed by atoms with Crippen molar-refractivity contribution in [3.05, 3.63) is 12.7 Å². The van der Waals surface area contributed by atoms with Gasteiger partial charge in [-0.3, -0.25) is 0 Å². The molecular formula is C11H21NS. The zero-order valence-electron chi connectivity index (χ0n) is 8.59. The number of nitrogens with one attached hydrogen (secondary N) is 1. The Morgan fingerprint density at radius 2 is 2.54 bits per heavy atom. The molecule has 1 rings (SSSR count). The van der Waals surface area contributed by atoms with Gasteiger partial charge in [0.15, 0.2) is 0 Å². The zero-order chi connectivity index (χ0) is 9.52. The van der Waals surface area contributed by atoms with Gasteiger partial charge >= 0.3 is 0 Å². The average molecular weight is 199 g/mol. The quantitative estimate of drug-likeness (QED) is 0.660. The monoisotopic (exact) mass is 199 g/mol. The molecule has 2 atom stereocenters. The first kappa shape index (κ1) is 11.1. The van der Waals surface area contributed by atoms with E-state index in [-0.39, 0.29) is 0 Å². The van der Waals surface area contributed by atoms with E-state index in [1.807, 2.05) is 6.08 Å². The van der Waals surface area contributed by atoms with Crippen LogP contribution in [0.15, 0.2) is 12.7 Å². The number of rotatable bonds is 6. The molecule has 1 N–H and O–H groups in total. The Morgan fingerprint density at radius 1 is 1.69 bits per heavy atom. The van der Waals surface area contributed by atoms with Gasteiger partial charge in [0.2, 0.25) is 0 Å². The topological polar surface area (TPSA) is 12.0 Å². The van der Waals surface area contributed by atoms with E-state index < -0.39 is 0 Å². The summed E-state index contributed by atoms with van der Waals surface area (Å²) in [7, 11) is 0. The lowest BCUT2D eigenvalue weighted by Gasteiger charge is -2.15. The smallest absolute Gasteiger partial charge is 0.00417 e. The fourth-order valence-electron chi connectivity index (χ4n) is 1.58. The highest BCUT2D eigenvalue weighted by atomic mass is 32.2. The molecule has 13 heavy (non-hydrogen) atoms. The van der Waals surface area contributed by atoms with E-state index >= 15 is 0 Å². The van der Waals surface area contributed by atoms with Gasteiger partial charge in [-0.1, -0.05) is 6.08 Å². The maximum atomic E-state index is 3.74. The zero-order valence-corrected chi connectivity index (χ0v) is 9.41. The molecule has 0 aromatic rings. The SMILES string of the molecule is C=CCCC(C)NCC1CCSC1. The Labute approximate surface area is 86.4 Å². The van der Waals surface area contributed by atoms with Gasteiger partial charge in [0.1, 0.15) is 0 Å². The van der Waals surface area contributed by atoms with E-state index in [1.54, 1.807) is 0 Å². The molecule has 1 heterocycles. The van der Waals surface area contributed by atoms with Gasteiger partial charge in [-0.05, 0) is 50.2 Å². The Kier molecular flexibility index (Phi) is 5.56. The Hall–Kier alpha value is 0.0500. The summed E-state index contributed by atoms with van der Waals surface area (Å²) in [6.07, 6.45) is 5.77. The normalized spacial score (nSPS) is 24.5. The average Bonchev–Trinajstić information content (AvgIpc) is 2.64. The van der Waals surface area contributed by atoms with Crippen molar-refractivity contribution < 1.29 is 0 Å². The summed E-state index contributed by atoms with van der Waals surface area (Å²) in [5.74, 6) is 3.66. The summed E-state index contributed by atoms with van der Waals surface area (Å²) in [6.45, 7) is 7.22. The molecule has 76 valence electrons. The van der Waals surface area contributed by atoms with Gasteiger partial charge in [-0.2, -0.15) is 11.8 Å². The van der Waals surface area contributed by atoms with E-state index in [4.69, 9.17) is 0 Å². The Balaban J connectivity index is 1.99. The molecule has 1 nitrogen and oxygen atoms in total. The first-order valence-corrected chi connectivity index (χ1v) is 6.40. The maximum Gasteiger partial charge on any atom is 0.00417 e. The van der Waals surface area contributed by atoms with Gasteiger partial charge in [0.25, 0.3) is 0 Å². The van der Waals surface area contributed by atoms with Crippen molar-refractivity contribution in [3.8, 4) is 0 Å². The summed E-state index contributed by atoms with van der Waals surface area (Å²) >= 11 is 2.10. The number of hydrogen-bond acceptors (Lipinski definition) is 2. The molecule has 0 bridgehead atoms. The molecule has 0 spiro atoms. The van der Waals surface area contributed by atoms with Crippen LogP contribution in [0, 0.1) is 5.92 Å². The molecular weight excluding hydrogens is 178 g/mol. The largest absolute Gasteiger partial charge is 0.314 e. The van der Waals surface area contributed by atoms with Gasteiger partial charge < -0.3 is 5.32 Å². The lowest BCUT2D eigenvalue weighted by Crippen LogP contribution is -2.31. The van der Waals surface area contributed by atoms with E-state index in [9.17, 15) is 0 Å². The first-order chi connectivity index (χ1) is 6.33. The third-order valence-corrected chi connectivity index (χ3v) is 3.81. The van der Waals surface area contributed by atoms with Crippen LogP contribution in [-0.2, 0) is 0 Å². The molecule has 1 saturated heterocycles. The van der Waals surface area contributed by atoms with Crippen LogP contribution in [0.5, 0.6) is 0 Å². The van der Waals surface area contributed by atoms with Gasteiger partial charge in [-0.15, -0.1) is 6.58 Å². The second-order valence-electron chi connectivity index (χ2n) is 3.90. The molecule has 1 fully saturated rings. The van der Waals surface area contributed by atoms with E-state index in [0.717, 1.165) is 12.3 Å². The van der Waals surface area contributed by atoms with Crippen molar-refractivity contribution in [3.63, 3.8) is 0 Å². The Bertz CT molecular complexity index is 141. The van der Waals surface area contributed by atoms with Gasteiger partial charge in [0, 0.05) is 6.04 Å². The van der Waals surface area contributed by atoms with Gasteiger partial charge in [-0.25, -0.2) is 0 Å². The molecule has 0 aromatic carbocycles. The number of allylic oxidation sites excluding steroid dienone is 1. The van der Waals surface area contributed by atoms with Crippen molar-refractivity contribution >= 4 is 11.8 Å². The second-order valence-corrected chi connectivity index (χ2v) is 5.05. The minimum absolute atomic E-state index is 0.656. The molecule has 1 aliphatic heterocycles. The third-order valence-electron chi connectivity index (χ3n) is 2.58. The summed E-state index contributed by atoms with van der Waals surface area (Å²) in [5, 5.41) is 3.60. The summed E-state index contributed by atoms with van der Waals surface area (Å²) in [5.41, 5.74) is 0. The van der Waals surface area contributed by atoms with E-state index in [1.165, 1.54) is 30.9 Å². The van der Waals surface area contributed by atoms with Crippen LogP contribution in [0.1, 0.15) is 26.2 Å². The third kappa shape index (κ3) is 4.72. The van der Waals surface area contributed by atoms with Crippen molar-refractivity contribution in [2.45, 2.75) is 32.2 Å². The molecule has 2 unspecified atom stereocenters. The first-order valence-electron chi connectivity index (χ1n) is 5.25. The predicted octanol–water partition coefficient (Wildman–Crippen LogP) is 2.68. The fourth-order valence-corrected chi connectivity index (χ4v) is 2.87. The van der Waals surface area contributed by atoms with Crippen molar-refractivity contribution in [1.82, 2.24) is 5.32 Å².